The summed E-state index contributed by atoms with van der Waals surface area (Å²) in [6.45, 7) is 7.08. The van der Waals surface area contributed by atoms with Gasteiger partial charge >= 0.3 is 0 Å². The first-order valence-corrected chi connectivity index (χ1v) is 11.2. The lowest BCUT2D eigenvalue weighted by molar-refractivity contribution is 0.0697. The van der Waals surface area contributed by atoms with Gasteiger partial charge < -0.3 is 14.2 Å². The number of hydrogen-bond acceptors (Lipinski definition) is 6. The maximum Gasteiger partial charge on any atom is 0.253 e. The Hall–Kier alpha value is -2.39. The molecule has 0 spiro atoms. The monoisotopic (exact) mass is 421 g/mol. The highest BCUT2D eigenvalue weighted by Crippen LogP contribution is 2.24. The van der Waals surface area contributed by atoms with Crippen molar-refractivity contribution in [1.29, 1.82) is 0 Å². The van der Waals surface area contributed by atoms with E-state index in [1.165, 1.54) is 4.31 Å². The average molecular weight is 422 g/mol. The van der Waals surface area contributed by atoms with Gasteiger partial charge in [0.25, 0.3) is 5.91 Å². The number of hydrogen-bond donors (Lipinski definition) is 0. The number of rotatable bonds is 7. The Labute approximate surface area is 171 Å². The number of carbonyl (C=O) groups is 1. The number of carbonyl (C=O) groups excluding carboxylic acids is 1. The molecule has 3 rings (SSSR count). The molecule has 0 radical (unpaired) electrons. The molecule has 1 amide bonds. The van der Waals surface area contributed by atoms with E-state index < -0.39 is 10.0 Å². The van der Waals surface area contributed by atoms with Crippen molar-refractivity contribution >= 4 is 15.9 Å². The minimum Gasteiger partial charge on any atom is -0.494 e. The predicted octanol–water partition coefficient (Wildman–Crippen LogP) is 2.62. The van der Waals surface area contributed by atoms with Crippen molar-refractivity contribution in [2.24, 2.45) is 0 Å². The summed E-state index contributed by atoms with van der Waals surface area (Å²) < 4.78 is 37.8. The van der Waals surface area contributed by atoms with Crippen molar-refractivity contribution in [2.75, 3.05) is 32.8 Å². The van der Waals surface area contributed by atoms with Crippen LogP contribution in [-0.4, -0.2) is 61.5 Å². The molecular formula is C20H27N3O5S. The number of ether oxygens (including phenoxy) is 1. The van der Waals surface area contributed by atoms with E-state index in [1.807, 2.05) is 0 Å². The van der Waals surface area contributed by atoms with Crippen LogP contribution in [0, 0.1) is 13.8 Å². The third-order valence-corrected chi connectivity index (χ3v) is 7.10. The maximum absolute atomic E-state index is 12.9. The summed E-state index contributed by atoms with van der Waals surface area (Å²) in [4.78, 5) is 14.6. The molecular weight excluding hydrogens is 394 g/mol. The number of nitrogens with zero attached hydrogens (tertiary/aromatic N) is 3. The molecule has 0 N–H and O–H groups in total. The zero-order valence-corrected chi connectivity index (χ0v) is 17.9. The number of sulfonamides is 1. The van der Waals surface area contributed by atoms with Crippen molar-refractivity contribution in [1.82, 2.24) is 14.4 Å². The molecule has 8 nitrogen and oxygen atoms in total. The van der Waals surface area contributed by atoms with Gasteiger partial charge in [0, 0.05) is 31.7 Å². The summed E-state index contributed by atoms with van der Waals surface area (Å²) in [5.74, 6) is 0.909. The summed E-state index contributed by atoms with van der Waals surface area (Å²) in [6.07, 6.45) is 2.05. The highest BCUT2D eigenvalue weighted by molar-refractivity contribution is 7.89. The molecule has 0 saturated carbocycles. The summed E-state index contributed by atoms with van der Waals surface area (Å²) in [5, 5.41) is 3.73. The number of piperazine rings is 1. The van der Waals surface area contributed by atoms with E-state index in [1.54, 1.807) is 43.0 Å². The Kier molecular flexibility index (Phi) is 6.59. The van der Waals surface area contributed by atoms with Crippen LogP contribution in [0.1, 0.15) is 41.6 Å². The molecule has 1 aromatic heterocycles. The summed E-state index contributed by atoms with van der Waals surface area (Å²) in [7, 11) is -3.69. The molecule has 0 aliphatic carbocycles. The van der Waals surface area contributed by atoms with Gasteiger partial charge in [-0.25, -0.2) is 8.42 Å². The van der Waals surface area contributed by atoms with Gasteiger partial charge in [0.15, 0.2) is 5.76 Å². The lowest BCUT2D eigenvalue weighted by Crippen LogP contribution is -2.50. The highest BCUT2D eigenvalue weighted by atomic mass is 32.2. The van der Waals surface area contributed by atoms with E-state index in [-0.39, 0.29) is 29.7 Å². The van der Waals surface area contributed by atoms with Crippen LogP contribution in [0.5, 0.6) is 5.75 Å². The van der Waals surface area contributed by atoms with E-state index in [2.05, 4.69) is 12.1 Å². The quantitative estimate of drug-likeness (QED) is 0.638. The smallest absolute Gasteiger partial charge is 0.253 e. The van der Waals surface area contributed by atoms with Crippen molar-refractivity contribution in [3.63, 3.8) is 0 Å². The fourth-order valence-electron chi connectivity index (χ4n) is 3.31. The van der Waals surface area contributed by atoms with Crippen LogP contribution in [0.25, 0.3) is 0 Å². The standard InChI is InChI=1S/C20H27N3O5S/c1-4-5-14-27-18-8-6-17(7-9-18)20(24)22-10-12-23(13-11-22)29(25,26)19-15(2)21-28-16(19)3/h6-9H,4-5,10-14H2,1-3H3. The lowest BCUT2D eigenvalue weighted by Gasteiger charge is -2.34. The first kappa shape index (κ1) is 21.3. The fraction of sp³-hybridized carbons (Fsp3) is 0.500. The molecule has 1 fully saturated rings. The first-order chi connectivity index (χ1) is 13.8. The third kappa shape index (κ3) is 4.62. The van der Waals surface area contributed by atoms with Crippen LogP contribution < -0.4 is 4.74 Å². The van der Waals surface area contributed by atoms with Crippen molar-refractivity contribution in [3.05, 3.63) is 41.3 Å². The van der Waals surface area contributed by atoms with Crippen LogP contribution in [0.4, 0.5) is 0 Å². The molecule has 0 atom stereocenters. The van der Waals surface area contributed by atoms with Crippen LogP contribution >= 0.6 is 0 Å². The lowest BCUT2D eigenvalue weighted by atomic mass is 10.2. The van der Waals surface area contributed by atoms with Crippen molar-refractivity contribution in [3.8, 4) is 5.75 Å². The minimum absolute atomic E-state index is 0.112. The van der Waals surface area contributed by atoms with Crippen LogP contribution in [0.3, 0.4) is 0 Å². The van der Waals surface area contributed by atoms with E-state index in [0.29, 0.717) is 31.0 Å². The minimum atomic E-state index is -3.69. The Morgan fingerprint density at radius 2 is 1.79 bits per heavy atom. The second-order valence-electron chi connectivity index (χ2n) is 7.08. The van der Waals surface area contributed by atoms with Crippen molar-refractivity contribution < 1.29 is 22.5 Å². The number of amides is 1. The second kappa shape index (κ2) is 8.96. The summed E-state index contributed by atoms with van der Waals surface area (Å²) >= 11 is 0. The van der Waals surface area contributed by atoms with Crippen molar-refractivity contribution in [2.45, 2.75) is 38.5 Å². The molecule has 1 aliphatic heterocycles. The van der Waals surface area contributed by atoms with Gasteiger partial charge in [0.1, 0.15) is 16.3 Å². The fourth-order valence-corrected chi connectivity index (χ4v) is 5.03. The molecule has 1 saturated heterocycles. The van der Waals surface area contributed by atoms with Crippen LogP contribution in [0.2, 0.25) is 0 Å². The second-order valence-corrected chi connectivity index (χ2v) is 8.95. The number of aryl methyl sites for hydroxylation is 2. The highest BCUT2D eigenvalue weighted by Gasteiger charge is 2.34. The molecule has 0 unspecified atom stereocenters. The van der Waals surface area contributed by atoms with E-state index in [9.17, 15) is 13.2 Å². The Morgan fingerprint density at radius 1 is 1.14 bits per heavy atom. The molecule has 0 bridgehead atoms. The zero-order chi connectivity index (χ0) is 21.0. The van der Waals surface area contributed by atoms with Gasteiger partial charge in [-0.05, 0) is 44.5 Å². The Bertz CT molecular complexity index is 925. The van der Waals surface area contributed by atoms with E-state index >= 15 is 0 Å². The SMILES string of the molecule is CCCCOc1ccc(C(=O)N2CCN(S(=O)(=O)c3c(C)noc3C)CC2)cc1. The summed E-state index contributed by atoms with van der Waals surface area (Å²) in [5.41, 5.74) is 0.914. The molecule has 2 heterocycles. The molecule has 158 valence electrons. The Morgan fingerprint density at radius 3 is 2.34 bits per heavy atom. The van der Waals surface area contributed by atoms with Crippen LogP contribution in [-0.2, 0) is 10.0 Å². The average Bonchev–Trinajstić information content (AvgIpc) is 3.07. The van der Waals surface area contributed by atoms with Crippen LogP contribution in [0.15, 0.2) is 33.7 Å². The normalized spacial score (nSPS) is 15.5. The molecule has 2 aromatic rings. The van der Waals surface area contributed by atoms with Gasteiger partial charge in [-0.1, -0.05) is 18.5 Å². The molecule has 1 aliphatic rings. The predicted molar refractivity (Wildman–Crippen MR) is 107 cm³/mol. The summed E-state index contributed by atoms with van der Waals surface area (Å²) in [6, 6.07) is 7.08. The third-order valence-electron chi connectivity index (χ3n) is 4.96. The largest absolute Gasteiger partial charge is 0.494 e. The molecule has 9 heteroatoms. The Balaban J connectivity index is 1.61. The van der Waals surface area contributed by atoms with Gasteiger partial charge in [-0.15, -0.1) is 0 Å². The zero-order valence-electron chi connectivity index (χ0n) is 17.1. The van der Waals surface area contributed by atoms with E-state index in [0.717, 1.165) is 18.6 Å². The maximum atomic E-state index is 12.9. The van der Waals surface area contributed by atoms with Gasteiger partial charge in [0.2, 0.25) is 10.0 Å². The topological polar surface area (TPSA) is 93.0 Å². The number of aromatic nitrogens is 1. The first-order valence-electron chi connectivity index (χ1n) is 9.79. The number of benzene rings is 1. The van der Waals surface area contributed by atoms with Gasteiger partial charge in [0.05, 0.1) is 6.61 Å². The molecule has 1 aromatic carbocycles. The molecule has 29 heavy (non-hydrogen) atoms. The van der Waals surface area contributed by atoms with Gasteiger partial charge in [-0.2, -0.15) is 4.31 Å². The number of unbranched alkanes of at least 4 members (excludes halogenated alkanes) is 1. The van der Waals surface area contributed by atoms with E-state index in [4.69, 9.17) is 9.26 Å². The van der Waals surface area contributed by atoms with Gasteiger partial charge in [-0.3, -0.25) is 4.79 Å².